The Bertz CT molecular complexity index is 1170. The van der Waals surface area contributed by atoms with Crippen molar-refractivity contribution in [1.82, 2.24) is 9.97 Å². The third kappa shape index (κ3) is 3.85. The summed E-state index contributed by atoms with van der Waals surface area (Å²) in [5.41, 5.74) is 4.78. The van der Waals surface area contributed by atoms with Gasteiger partial charge in [-0.25, -0.2) is 0 Å². The lowest BCUT2D eigenvalue weighted by Gasteiger charge is -2.18. The molecule has 150 valence electrons. The van der Waals surface area contributed by atoms with Crippen molar-refractivity contribution in [3.8, 4) is 11.1 Å². The van der Waals surface area contributed by atoms with Crippen molar-refractivity contribution < 1.29 is 19.1 Å². The molecule has 0 bridgehead atoms. The molecule has 2 aromatic heterocycles. The maximum absolute atomic E-state index is 11.5. The van der Waals surface area contributed by atoms with Crippen molar-refractivity contribution in [2.75, 3.05) is 0 Å². The van der Waals surface area contributed by atoms with Crippen LogP contribution in [0.15, 0.2) is 60.9 Å². The molecule has 0 aliphatic rings. The molecule has 0 atom stereocenters. The summed E-state index contributed by atoms with van der Waals surface area (Å²) in [7, 11) is 0. The zero-order valence-corrected chi connectivity index (χ0v) is 16.7. The average Bonchev–Trinajstić information content (AvgIpc) is 2.75. The number of carbonyl (C=O) groups excluding carboxylic acids is 2. The molecule has 30 heavy (non-hydrogen) atoms. The second-order valence-corrected chi connectivity index (χ2v) is 6.91. The Morgan fingerprint density at radius 3 is 1.53 bits per heavy atom. The Balaban J connectivity index is 2.05. The molecule has 0 amide bonds. The third-order valence-electron chi connectivity index (χ3n) is 4.83. The normalized spacial score (nSPS) is 10.9. The van der Waals surface area contributed by atoms with Gasteiger partial charge in [-0.2, -0.15) is 0 Å². The van der Waals surface area contributed by atoms with Crippen LogP contribution in [0.1, 0.15) is 25.0 Å². The van der Waals surface area contributed by atoms with Crippen LogP contribution in [-0.4, -0.2) is 21.9 Å². The standard InChI is InChI=1S/C24H20N2O4/c1-15(27)29-13-19-9-7-17-5-3-11-25-23(17)21(19)22-20(14-30-16(2)28)10-8-18-6-4-12-26-24(18)22/h3-12H,13-14H2,1-2H3. The molecule has 4 aromatic rings. The first-order valence-electron chi connectivity index (χ1n) is 9.55. The molecular formula is C24H20N2O4. The maximum Gasteiger partial charge on any atom is 0.302 e. The smallest absolute Gasteiger partial charge is 0.302 e. The number of pyridine rings is 2. The van der Waals surface area contributed by atoms with Gasteiger partial charge in [-0.15, -0.1) is 0 Å². The molecule has 0 saturated carbocycles. The van der Waals surface area contributed by atoms with E-state index in [0.29, 0.717) is 0 Å². The number of rotatable bonds is 5. The molecule has 2 aromatic carbocycles. The fraction of sp³-hybridized carbons (Fsp3) is 0.167. The van der Waals surface area contributed by atoms with Crippen LogP contribution in [0.3, 0.4) is 0 Å². The largest absolute Gasteiger partial charge is 0.461 e. The molecule has 0 radical (unpaired) electrons. The van der Waals surface area contributed by atoms with Gasteiger partial charge in [-0.1, -0.05) is 36.4 Å². The van der Waals surface area contributed by atoms with Crippen LogP contribution in [0, 0.1) is 0 Å². The number of hydrogen-bond acceptors (Lipinski definition) is 6. The highest BCUT2D eigenvalue weighted by Gasteiger charge is 2.19. The molecule has 6 nitrogen and oxygen atoms in total. The molecule has 0 fully saturated rings. The summed E-state index contributed by atoms with van der Waals surface area (Å²) in [6.07, 6.45) is 3.46. The average molecular weight is 400 g/mol. The SMILES string of the molecule is CC(=O)OCc1ccc2cccnc2c1-c1c(COC(C)=O)ccc2cccnc12. The Morgan fingerprint density at radius 1 is 0.700 bits per heavy atom. The van der Waals surface area contributed by atoms with E-state index < -0.39 is 0 Å². The van der Waals surface area contributed by atoms with E-state index in [1.807, 2.05) is 48.5 Å². The summed E-state index contributed by atoms with van der Waals surface area (Å²) in [6.45, 7) is 2.97. The lowest BCUT2D eigenvalue weighted by Crippen LogP contribution is -2.05. The van der Waals surface area contributed by atoms with E-state index in [4.69, 9.17) is 9.47 Å². The number of esters is 2. The minimum absolute atomic E-state index is 0.105. The van der Waals surface area contributed by atoms with Gasteiger partial charge >= 0.3 is 11.9 Å². The first-order chi connectivity index (χ1) is 14.5. The van der Waals surface area contributed by atoms with Crippen molar-refractivity contribution in [3.63, 3.8) is 0 Å². The van der Waals surface area contributed by atoms with Gasteiger partial charge in [0.05, 0.1) is 11.0 Å². The van der Waals surface area contributed by atoms with Gasteiger partial charge in [-0.3, -0.25) is 19.6 Å². The fourth-order valence-corrected chi connectivity index (χ4v) is 3.53. The summed E-state index contributed by atoms with van der Waals surface area (Å²) in [6, 6.07) is 15.5. The highest BCUT2D eigenvalue weighted by molar-refractivity contribution is 6.04. The monoisotopic (exact) mass is 400 g/mol. The van der Waals surface area contributed by atoms with Crippen LogP contribution in [0.5, 0.6) is 0 Å². The van der Waals surface area contributed by atoms with E-state index >= 15 is 0 Å². The van der Waals surface area contributed by atoms with E-state index in [0.717, 1.165) is 44.1 Å². The summed E-state index contributed by atoms with van der Waals surface area (Å²) in [5.74, 6) is -0.725. The first kappa shape index (κ1) is 19.5. The molecule has 0 aliphatic heterocycles. The molecule has 4 rings (SSSR count). The Morgan fingerprint density at radius 2 is 1.13 bits per heavy atom. The zero-order chi connectivity index (χ0) is 21.1. The number of carbonyl (C=O) groups is 2. The zero-order valence-electron chi connectivity index (χ0n) is 16.7. The predicted molar refractivity (Wildman–Crippen MR) is 113 cm³/mol. The molecule has 0 N–H and O–H groups in total. The highest BCUT2D eigenvalue weighted by Crippen LogP contribution is 2.38. The van der Waals surface area contributed by atoms with E-state index in [9.17, 15) is 9.59 Å². The van der Waals surface area contributed by atoms with Crippen LogP contribution in [0.4, 0.5) is 0 Å². The van der Waals surface area contributed by atoms with Gasteiger partial charge in [-0.05, 0) is 23.3 Å². The van der Waals surface area contributed by atoms with E-state index in [2.05, 4.69) is 9.97 Å². The predicted octanol–water partition coefficient (Wildman–Crippen LogP) is 4.58. The van der Waals surface area contributed by atoms with Crippen LogP contribution < -0.4 is 0 Å². The number of fused-ring (bicyclic) bond motifs is 2. The number of ether oxygens (including phenoxy) is 2. The molecule has 2 heterocycles. The summed E-state index contributed by atoms with van der Waals surface area (Å²) in [5, 5.41) is 1.90. The van der Waals surface area contributed by atoms with Crippen molar-refractivity contribution in [3.05, 3.63) is 72.1 Å². The van der Waals surface area contributed by atoms with Gasteiger partial charge in [0.25, 0.3) is 0 Å². The summed E-state index contributed by atoms with van der Waals surface area (Å²) >= 11 is 0. The van der Waals surface area contributed by atoms with Gasteiger partial charge in [0, 0.05) is 48.1 Å². The Hall–Kier alpha value is -3.80. The molecular weight excluding hydrogens is 380 g/mol. The minimum Gasteiger partial charge on any atom is -0.461 e. The first-order valence-corrected chi connectivity index (χ1v) is 9.55. The molecule has 0 aliphatic carbocycles. The van der Waals surface area contributed by atoms with Crippen molar-refractivity contribution in [1.29, 1.82) is 0 Å². The molecule has 6 heteroatoms. The molecule has 0 unspecified atom stereocenters. The van der Waals surface area contributed by atoms with Crippen LogP contribution in [-0.2, 0) is 32.3 Å². The van der Waals surface area contributed by atoms with Gasteiger partial charge < -0.3 is 9.47 Å². The minimum atomic E-state index is -0.363. The van der Waals surface area contributed by atoms with E-state index in [1.54, 1.807) is 12.4 Å². The highest BCUT2D eigenvalue weighted by atomic mass is 16.5. The second kappa shape index (κ2) is 8.29. The molecule has 0 spiro atoms. The number of benzene rings is 2. The Labute approximate surface area is 173 Å². The van der Waals surface area contributed by atoms with Gasteiger partial charge in [0.15, 0.2) is 0 Å². The fourth-order valence-electron chi connectivity index (χ4n) is 3.53. The van der Waals surface area contributed by atoms with Crippen molar-refractivity contribution in [2.24, 2.45) is 0 Å². The number of aromatic nitrogens is 2. The molecule has 0 saturated heterocycles. The number of nitrogens with zero attached hydrogens (tertiary/aromatic N) is 2. The van der Waals surface area contributed by atoms with E-state index in [-0.39, 0.29) is 25.2 Å². The topological polar surface area (TPSA) is 78.4 Å². The maximum atomic E-state index is 11.5. The second-order valence-electron chi connectivity index (χ2n) is 6.91. The van der Waals surface area contributed by atoms with E-state index in [1.165, 1.54) is 13.8 Å². The summed E-state index contributed by atoms with van der Waals surface area (Å²) in [4.78, 5) is 32.2. The van der Waals surface area contributed by atoms with Crippen molar-refractivity contribution in [2.45, 2.75) is 27.1 Å². The van der Waals surface area contributed by atoms with Crippen LogP contribution in [0.25, 0.3) is 32.9 Å². The third-order valence-corrected chi connectivity index (χ3v) is 4.83. The van der Waals surface area contributed by atoms with Crippen LogP contribution >= 0.6 is 0 Å². The quantitative estimate of drug-likeness (QED) is 0.457. The van der Waals surface area contributed by atoms with Crippen molar-refractivity contribution >= 4 is 33.7 Å². The van der Waals surface area contributed by atoms with Gasteiger partial charge in [0.1, 0.15) is 13.2 Å². The lowest BCUT2D eigenvalue weighted by molar-refractivity contribution is -0.143. The van der Waals surface area contributed by atoms with Gasteiger partial charge in [0.2, 0.25) is 0 Å². The number of hydrogen-bond donors (Lipinski definition) is 0. The van der Waals surface area contributed by atoms with Crippen LogP contribution in [0.2, 0.25) is 0 Å². The Kier molecular flexibility index (Phi) is 5.39. The lowest BCUT2D eigenvalue weighted by atomic mass is 9.91. The summed E-state index contributed by atoms with van der Waals surface area (Å²) < 4.78 is 10.6.